The Hall–Kier alpha value is -1.69. The van der Waals surface area contributed by atoms with Crippen molar-refractivity contribution in [3.63, 3.8) is 0 Å². The number of benzene rings is 1. The van der Waals surface area contributed by atoms with Crippen molar-refractivity contribution in [2.24, 2.45) is 0 Å². The third-order valence-corrected chi connectivity index (χ3v) is 5.44. The van der Waals surface area contributed by atoms with E-state index in [0.29, 0.717) is 39.0 Å². The molecule has 1 aliphatic heterocycles. The maximum Gasteiger partial charge on any atom is 0.230 e. The summed E-state index contributed by atoms with van der Waals surface area (Å²) in [6, 6.07) is 11.9. The second-order valence-corrected chi connectivity index (χ2v) is 6.96. The van der Waals surface area contributed by atoms with Crippen LogP contribution in [-0.4, -0.2) is 30.8 Å². The average molecular weight is 345 g/mol. The molecule has 1 fully saturated rings. The Morgan fingerprint density at radius 3 is 2.67 bits per heavy atom. The number of hydrogen-bond donors (Lipinski definition) is 2. The van der Waals surface area contributed by atoms with Crippen LogP contribution in [0.5, 0.6) is 0 Å². The molecule has 1 saturated heterocycles. The molecule has 1 aromatic heterocycles. The molecule has 1 atom stereocenters. The van der Waals surface area contributed by atoms with Gasteiger partial charge in [0.25, 0.3) is 0 Å². The number of hydrogen-bond acceptors (Lipinski definition) is 4. The lowest BCUT2D eigenvalue weighted by atomic mass is 9.73. The van der Waals surface area contributed by atoms with Crippen molar-refractivity contribution in [2.75, 3.05) is 19.8 Å². The molecule has 4 nitrogen and oxygen atoms in total. The lowest BCUT2D eigenvalue weighted by Gasteiger charge is -2.36. The third kappa shape index (κ3) is 3.69. The first-order valence-electron chi connectivity index (χ1n) is 8.34. The number of amides is 1. The molecular weight excluding hydrogens is 322 g/mol. The van der Waals surface area contributed by atoms with Crippen molar-refractivity contribution in [3.8, 4) is 0 Å². The van der Waals surface area contributed by atoms with E-state index in [1.54, 1.807) is 11.3 Å². The van der Waals surface area contributed by atoms with Crippen LogP contribution in [0.4, 0.5) is 0 Å². The van der Waals surface area contributed by atoms with Crippen LogP contribution in [-0.2, 0) is 14.9 Å². The molecule has 0 bridgehead atoms. The molecule has 0 spiro atoms. The number of aliphatic hydroxyl groups excluding tert-OH is 1. The van der Waals surface area contributed by atoms with Crippen LogP contribution in [0.15, 0.2) is 47.2 Å². The standard InChI is InChI=1S/C19H23NO3S/c21-17(15-7-13-24-14-15)6-10-20-18(22)19(8-11-23-12-9-19)16-4-2-1-3-5-16/h1-5,7,13-14,17,21H,6,8-12H2,(H,20,22). The van der Waals surface area contributed by atoms with Gasteiger partial charge in [0.05, 0.1) is 11.5 Å². The Kier molecular flexibility index (Phi) is 5.66. The number of aliphatic hydroxyl groups is 1. The fourth-order valence-corrected chi connectivity index (χ4v) is 3.95. The van der Waals surface area contributed by atoms with Gasteiger partial charge in [-0.25, -0.2) is 0 Å². The zero-order chi connectivity index (χ0) is 16.8. The molecule has 128 valence electrons. The highest BCUT2D eigenvalue weighted by Gasteiger charge is 2.41. The minimum Gasteiger partial charge on any atom is -0.388 e. The molecule has 3 rings (SSSR count). The summed E-state index contributed by atoms with van der Waals surface area (Å²) in [4.78, 5) is 12.9. The second-order valence-electron chi connectivity index (χ2n) is 6.18. The highest BCUT2D eigenvalue weighted by Crippen LogP contribution is 2.35. The lowest BCUT2D eigenvalue weighted by molar-refractivity contribution is -0.130. The van der Waals surface area contributed by atoms with Gasteiger partial charge in [0.2, 0.25) is 5.91 Å². The molecule has 2 N–H and O–H groups in total. The lowest BCUT2D eigenvalue weighted by Crippen LogP contribution is -2.48. The molecular formula is C19H23NO3S. The van der Waals surface area contributed by atoms with Gasteiger partial charge in [-0.1, -0.05) is 30.3 Å². The van der Waals surface area contributed by atoms with E-state index >= 15 is 0 Å². The Morgan fingerprint density at radius 2 is 2.00 bits per heavy atom. The highest BCUT2D eigenvalue weighted by molar-refractivity contribution is 7.07. The van der Waals surface area contributed by atoms with Crippen LogP contribution in [0.25, 0.3) is 0 Å². The smallest absolute Gasteiger partial charge is 0.230 e. The zero-order valence-electron chi connectivity index (χ0n) is 13.6. The Labute approximate surface area is 146 Å². The molecule has 0 saturated carbocycles. The summed E-state index contributed by atoms with van der Waals surface area (Å²) >= 11 is 1.57. The van der Waals surface area contributed by atoms with Crippen molar-refractivity contribution >= 4 is 17.2 Å². The number of ether oxygens (including phenoxy) is 1. The molecule has 1 unspecified atom stereocenters. The number of nitrogens with one attached hydrogen (secondary N) is 1. The maximum absolute atomic E-state index is 12.9. The quantitative estimate of drug-likeness (QED) is 0.846. The van der Waals surface area contributed by atoms with Crippen LogP contribution < -0.4 is 5.32 Å². The number of carbonyl (C=O) groups excluding carboxylic acids is 1. The SMILES string of the molecule is O=C(NCCC(O)c1ccsc1)C1(c2ccccc2)CCOCC1. The Balaban J connectivity index is 1.64. The van der Waals surface area contributed by atoms with Crippen LogP contribution in [0, 0.1) is 0 Å². The molecule has 24 heavy (non-hydrogen) atoms. The molecule has 2 aromatic rings. The summed E-state index contributed by atoms with van der Waals surface area (Å²) in [5.74, 6) is 0.0366. The van der Waals surface area contributed by atoms with E-state index in [9.17, 15) is 9.90 Å². The van der Waals surface area contributed by atoms with Gasteiger partial charge in [-0.15, -0.1) is 0 Å². The van der Waals surface area contributed by atoms with Gasteiger partial charge in [0.15, 0.2) is 0 Å². The Bertz CT molecular complexity index is 636. The molecule has 0 radical (unpaired) electrons. The predicted octanol–water partition coefficient (Wildman–Crippen LogP) is 3.04. The van der Waals surface area contributed by atoms with Gasteiger partial charge < -0.3 is 15.2 Å². The Morgan fingerprint density at radius 1 is 1.25 bits per heavy atom. The van der Waals surface area contributed by atoms with Crippen molar-refractivity contribution in [3.05, 3.63) is 58.3 Å². The van der Waals surface area contributed by atoms with E-state index in [1.165, 1.54) is 0 Å². The van der Waals surface area contributed by atoms with Crippen molar-refractivity contribution in [1.82, 2.24) is 5.32 Å². The summed E-state index contributed by atoms with van der Waals surface area (Å²) in [7, 11) is 0. The monoisotopic (exact) mass is 345 g/mol. The van der Waals surface area contributed by atoms with Crippen molar-refractivity contribution < 1.29 is 14.6 Å². The van der Waals surface area contributed by atoms with E-state index in [4.69, 9.17) is 4.74 Å². The fourth-order valence-electron chi connectivity index (χ4n) is 3.25. The molecule has 0 aliphatic carbocycles. The van der Waals surface area contributed by atoms with Gasteiger partial charge >= 0.3 is 0 Å². The van der Waals surface area contributed by atoms with E-state index in [-0.39, 0.29) is 5.91 Å². The molecule has 1 aromatic carbocycles. The van der Waals surface area contributed by atoms with Crippen LogP contribution >= 0.6 is 11.3 Å². The summed E-state index contributed by atoms with van der Waals surface area (Å²) in [6.07, 6.45) is 1.37. The summed E-state index contributed by atoms with van der Waals surface area (Å²) in [5.41, 5.74) is 1.44. The molecule has 1 aliphatic rings. The van der Waals surface area contributed by atoms with Gasteiger partial charge in [-0.3, -0.25) is 4.79 Å². The summed E-state index contributed by atoms with van der Waals surface area (Å²) < 4.78 is 5.47. The molecule has 2 heterocycles. The van der Waals surface area contributed by atoms with E-state index in [1.807, 2.05) is 47.2 Å². The van der Waals surface area contributed by atoms with E-state index in [2.05, 4.69) is 5.32 Å². The average Bonchev–Trinajstić information content (AvgIpc) is 3.17. The van der Waals surface area contributed by atoms with Gasteiger partial charge in [0.1, 0.15) is 0 Å². The topological polar surface area (TPSA) is 58.6 Å². The zero-order valence-corrected chi connectivity index (χ0v) is 14.4. The maximum atomic E-state index is 12.9. The first-order chi connectivity index (χ1) is 11.7. The predicted molar refractivity (Wildman–Crippen MR) is 95.1 cm³/mol. The molecule has 5 heteroatoms. The fraction of sp³-hybridized carbons (Fsp3) is 0.421. The summed E-state index contributed by atoms with van der Waals surface area (Å²) in [6.45, 7) is 1.66. The van der Waals surface area contributed by atoms with E-state index < -0.39 is 11.5 Å². The third-order valence-electron chi connectivity index (χ3n) is 4.74. The van der Waals surface area contributed by atoms with Crippen molar-refractivity contribution in [2.45, 2.75) is 30.8 Å². The first-order valence-corrected chi connectivity index (χ1v) is 9.28. The number of thiophene rings is 1. The normalized spacial score (nSPS) is 18.0. The highest BCUT2D eigenvalue weighted by atomic mass is 32.1. The van der Waals surface area contributed by atoms with Gasteiger partial charge in [-0.2, -0.15) is 11.3 Å². The first kappa shape index (κ1) is 17.1. The number of rotatable bonds is 6. The largest absolute Gasteiger partial charge is 0.388 e. The van der Waals surface area contributed by atoms with Crippen LogP contribution in [0.3, 0.4) is 0 Å². The molecule has 1 amide bonds. The van der Waals surface area contributed by atoms with Crippen LogP contribution in [0.2, 0.25) is 0 Å². The summed E-state index contributed by atoms with van der Waals surface area (Å²) in [5, 5.41) is 17.1. The van der Waals surface area contributed by atoms with Gasteiger partial charge in [0, 0.05) is 19.8 Å². The minimum atomic E-state index is -0.529. The number of carbonyl (C=O) groups is 1. The minimum absolute atomic E-state index is 0.0366. The van der Waals surface area contributed by atoms with Crippen molar-refractivity contribution in [1.29, 1.82) is 0 Å². The second kappa shape index (κ2) is 7.92. The van der Waals surface area contributed by atoms with E-state index in [0.717, 1.165) is 11.1 Å². The van der Waals surface area contributed by atoms with Crippen LogP contribution in [0.1, 0.15) is 36.5 Å². The van der Waals surface area contributed by atoms with Gasteiger partial charge in [-0.05, 0) is 47.2 Å².